The maximum Gasteiger partial charge on any atom is 0.325 e. The number of carbonyl (C=O) groups is 2. The van der Waals surface area contributed by atoms with Crippen LogP contribution in [0.2, 0.25) is 0 Å². The van der Waals surface area contributed by atoms with Gasteiger partial charge in [0.15, 0.2) is 5.54 Å². The molecule has 3 heterocycles. The van der Waals surface area contributed by atoms with Crippen LogP contribution in [0.15, 0.2) is 41.1 Å². The lowest BCUT2D eigenvalue weighted by atomic mass is 9.99. The number of nitrogens with one attached hydrogen (secondary N) is 1. The van der Waals surface area contributed by atoms with E-state index in [1.807, 2.05) is 0 Å². The normalized spacial score (nSPS) is 21.7. The molecule has 21 heavy (non-hydrogen) atoms. The first-order chi connectivity index (χ1) is 10.0. The minimum absolute atomic E-state index is 0.133. The standard InChI is InChI=1S/C14H14N4O3/c1-14(10-3-2-6-21-10)12(19)18(13(20)17-14)8-9-4-5-16-11(15)7-9/h2-7H,8H2,1H3,(H2,15,16)(H,17,20). The number of pyridine rings is 1. The molecular formula is C14H14N4O3. The Bertz CT molecular complexity index is 698. The van der Waals surface area contributed by atoms with Crippen LogP contribution in [0.1, 0.15) is 18.2 Å². The number of carbonyl (C=O) groups excluding carboxylic acids is 2. The van der Waals surface area contributed by atoms with Crippen molar-refractivity contribution < 1.29 is 14.0 Å². The highest BCUT2D eigenvalue weighted by atomic mass is 16.3. The number of nitrogen functional groups attached to an aromatic ring is 1. The third kappa shape index (κ3) is 2.12. The molecule has 1 saturated heterocycles. The second kappa shape index (κ2) is 4.62. The lowest BCUT2D eigenvalue weighted by molar-refractivity contribution is -0.132. The predicted molar refractivity (Wildman–Crippen MR) is 73.8 cm³/mol. The number of anilines is 1. The summed E-state index contributed by atoms with van der Waals surface area (Å²) >= 11 is 0. The fourth-order valence-corrected chi connectivity index (χ4v) is 2.35. The van der Waals surface area contributed by atoms with Gasteiger partial charge in [0.2, 0.25) is 0 Å². The van der Waals surface area contributed by atoms with Gasteiger partial charge in [-0.25, -0.2) is 9.78 Å². The number of hydrogen-bond acceptors (Lipinski definition) is 5. The number of hydrogen-bond donors (Lipinski definition) is 2. The van der Waals surface area contributed by atoms with E-state index in [1.165, 1.54) is 12.5 Å². The monoisotopic (exact) mass is 286 g/mol. The van der Waals surface area contributed by atoms with Crippen LogP contribution >= 0.6 is 0 Å². The van der Waals surface area contributed by atoms with E-state index >= 15 is 0 Å². The summed E-state index contributed by atoms with van der Waals surface area (Å²) in [6, 6.07) is 6.20. The molecule has 0 aliphatic carbocycles. The van der Waals surface area contributed by atoms with Gasteiger partial charge >= 0.3 is 6.03 Å². The Balaban J connectivity index is 1.88. The van der Waals surface area contributed by atoms with Crippen molar-refractivity contribution in [1.82, 2.24) is 15.2 Å². The summed E-state index contributed by atoms with van der Waals surface area (Å²) < 4.78 is 5.26. The van der Waals surface area contributed by atoms with E-state index in [0.29, 0.717) is 11.6 Å². The lowest BCUT2D eigenvalue weighted by Crippen LogP contribution is -2.40. The molecule has 1 aliphatic rings. The Morgan fingerprint density at radius 3 is 2.90 bits per heavy atom. The van der Waals surface area contributed by atoms with Crippen LogP contribution in [0.3, 0.4) is 0 Å². The highest BCUT2D eigenvalue weighted by Crippen LogP contribution is 2.30. The van der Waals surface area contributed by atoms with Crippen molar-refractivity contribution in [1.29, 1.82) is 0 Å². The van der Waals surface area contributed by atoms with Crippen molar-refractivity contribution in [3.05, 3.63) is 48.0 Å². The van der Waals surface area contributed by atoms with Crippen LogP contribution in [-0.2, 0) is 16.9 Å². The molecule has 1 aliphatic heterocycles. The Hall–Kier alpha value is -2.83. The number of aromatic nitrogens is 1. The van der Waals surface area contributed by atoms with E-state index < -0.39 is 11.6 Å². The summed E-state index contributed by atoms with van der Waals surface area (Å²) in [6.45, 7) is 1.75. The van der Waals surface area contributed by atoms with E-state index in [2.05, 4.69) is 10.3 Å². The zero-order chi connectivity index (χ0) is 15.0. The SMILES string of the molecule is CC1(c2ccco2)NC(=O)N(Cc2ccnc(N)c2)C1=O. The lowest BCUT2D eigenvalue weighted by Gasteiger charge is -2.19. The van der Waals surface area contributed by atoms with Gasteiger partial charge in [-0.3, -0.25) is 9.69 Å². The van der Waals surface area contributed by atoms with Crippen molar-refractivity contribution in [2.75, 3.05) is 5.73 Å². The molecule has 2 aromatic rings. The van der Waals surface area contributed by atoms with Gasteiger partial charge < -0.3 is 15.5 Å². The van der Waals surface area contributed by atoms with Crippen molar-refractivity contribution in [2.45, 2.75) is 19.0 Å². The largest absolute Gasteiger partial charge is 0.466 e. The third-order valence-corrected chi connectivity index (χ3v) is 3.48. The summed E-state index contributed by atoms with van der Waals surface area (Å²) in [6.07, 6.45) is 3.00. The number of nitrogens with two attached hydrogens (primary N) is 1. The van der Waals surface area contributed by atoms with Gasteiger partial charge in [0.25, 0.3) is 5.91 Å². The van der Waals surface area contributed by atoms with Crippen LogP contribution in [0.25, 0.3) is 0 Å². The van der Waals surface area contributed by atoms with Crippen molar-refractivity contribution in [2.24, 2.45) is 0 Å². The van der Waals surface area contributed by atoms with Crippen LogP contribution in [-0.4, -0.2) is 21.8 Å². The molecule has 108 valence electrons. The molecule has 1 unspecified atom stereocenters. The fourth-order valence-electron chi connectivity index (χ4n) is 2.35. The fraction of sp³-hybridized carbons (Fsp3) is 0.214. The molecule has 0 saturated carbocycles. The summed E-state index contributed by atoms with van der Waals surface area (Å²) in [5.41, 5.74) is 5.15. The minimum Gasteiger partial charge on any atom is -0.466 e. The zero-order valence-corrected chi connectivity index (χ0v) is 11.4. The molecule has 7 nitrogen and oxygen atoms in total. The summed E-state index contributed by atoms with van der Waals surface area (Å²) in [5.74, 6) is 0.378. The number of imide groups is 1. The maximum absolute atomic E-state index is 12.6. The average molecular weight is 286 g/mol. The molecular weight excluding hydrogens is 272 g/mol. The van der Waals surface area contributed by atoms with Crippen molar-refractivity contribution in [3.63, 3.8) is 0 Å². The van der Waals surface area contributed by atoms with E-state index in [-0.39, 0.29) is 12.5 Å². The Morgan fingerprint density at radius 2 is 2.24 bits per heavy atom. The summed E-state index contributed by atoms with van der Waals surface area (Å²) in [7, 11) is 0. The summed E-state index contributed by atoms with van der Waals surface area (Å²) in [5, 5.41) is 2.66. The Labute approximate surface area is 120 Å². The molecule has 1 atom stereocenters. The third-order valence-electron chi connectivity index (χ3n) is 3.48. The van der Waals surface area contributed by atoms with Gasteiger partial charge in [-0.2, -0.15) is 0 Å². The maximum atomic E-state index is 12.6. The molecule has 0 spiro atoms. The van der Waals surface area contributed by atoms with E-state index in [1.54, 1.807) is 31.2 Å². The molecule has 3 N–H and O–H groups in total. The average Bonchev–Trinajstić information content (AvgIpc) is 3.04. The van der Waals surface area contributed by atoms with Crippen LogP contribution in [0.4, 0.5) is 10.6 Å². The second-order valence-corrected chi connectivity index (χ2v) is 5.01. The van der Waals surface area contributed by atoms with Gasteiger partial charge in [0.05, 0.1) is 12.8 Å². The molecule has 3 amide bonds. The molecule has 7 heteroatoms. The minimum atomic E-state index is -1.18. The van der Waals surface area contributed by atoms with Gasteiger partial charge in [0.1, 0.15) is 11.6 Å². The molecule has 3 rings (SSSR count). The van der Waals surface area contributed by atoms with Gasteiger partial charge in [-0.1, -0.05) is 0 Å². The first-order valence-electron chi connectivity index (χ1n) is 6.39. The van der Waals surface area contributed by atoms with Gasteiger partial charge in [-0.15, -0.1) is 0 Å². The van der Waals surface area contributed by atoms with Crippen LogP contribution in [0, 0.1) is 0 Å². The number of amides is 3. The van der Waals surface area contributed by atoms with Crippen molar-refractivity contribution >= 4 is 17.8 Å². The molecule has 0 radical (unpaired) electrons. The van der Waals surface area contributed by atoms with Crippen LogP contribution in [0.5, 0.6) is 0 Å². The molecule has 0 bridgehead atoms. The number of nitrogens with zero attached hydrogens (tertiary/aromatic N) is 2. The predicted octanol–water partition coefficient (Wildman–Crippen LogP) is 1.22. The summed E-state index contributed by atoms with van der Waals surface area (Å²) in [4.78, 5) is 29.7. The first kappa shape index (κ1) is 13.2. The second-order valence-electron chi connectivity index (χ2n) is 5.01. The number of urea groups is 1. The van der Waals surface area contributed by atoms with Gasteiger partial charge in [0, 0.05) is 6.20 Å². The van der Waals surface area contributed by atoms with E-state index in [0.717, 1.165) is 10.5 Å². The Kier molecular flexibility index (Phi) is 2.90. The quantitative estimate of drug-likeness (QED) is 0.826. The molecule has 0 aromatic carbocycles. The van der Waals surface area contributed by atoms with Crippen molar-refractivity contribution in [3.8, 4) is 0 Å². The topological polar surface area (TPSA) is 101 Å². The highest BCUT2D eigenvalue weighted by Gasteiger charge is 2.50. The van der Waals surface area contributed by atoms with Gasteiger partial charge in [-0.05, 0) is 36.8 Å². The zero-order valence-electron chi connectivity index (χ0n) is 11.4. The number of furan rings is 1. The smallest absolute Gasteiger partial charge is 0.325 e. The van der Waals surface area contributed by atoms with E-state index in [9.17, 15) is 9.59 Å². The number of rotatable bonds is 3. The Morgan fingerprint density at radius 1 is 1.43 bits per heavy atom. The van der Waals surface area contributed by atoms with E-state index in [4.69, 9.17) is 10.2 Å². The molecule has 1 fully saturated rings. The first-order valence-corrected chi connectivity index (χ1v) is 6.39. The van der Waals surface area contributed by atoms with Crippen LogP contribution < -0.4 is 11.1 Å². The molecule has 2 aromatic heterocycles. The highest BCUT2D eigenvalue weighted by molar-refractivity contribution is 6.06.